The predicted octanol–water partition coefficient (Wildman–Crippen LogP) is 5.69. The molecule has 0 aliphatic carbocycles. The van der Waals surface area contributed by atoms with Crippen LogP contribution in [0.3, 0.4) is 0 Å². The highest BCUT2D eigenvalue weighted by molar-refractivity contribution is 7.15. The lowest BCUT2D eigenvalue weighted by molar-refractivity contribution is 0.194. The maximum Gasteiger partial charge on any atom is 0.323 e. The molecular weight excluding hydrogens is 512 g/mol. The zero-order valence-electron chi connectivity index (χ0n) is 22.6. The van der Waals surface area contributed by atoms with Gasteiger partial charge in [-0.25, -0.2) is 4.79 Å². The van der Waals surface area contributed by atoms with E-state index in [4.69, 9.17) is 14.2 Å². The smallest absolute Gasteiger partial charge is 0.323 e. The third-order valence-corrected chi connectivity index (χ3v) is 8.85. The van der Waals surface area contributed by atoms with Crippen LogP contribution in [0, 0.1) is 0 Å². The highest BCUT2D eigenvalue weighted by Crippen LogP contribution is 2.44. The Hall–Kier alpha value is -3.95. The summed E-state index contributed by atoms with van der Waals surface area (Å²) >= 11 is 1.84. The Morgan fingerprint density at radius 3 is 2.46 bits per heavy atom. The van der Waals surface area contributed by atoms with Gasteiger partial charge in [-0.05, 0) is 61.0 Å². The van der Waals surface area contributed by atoms with E-state index in [1.54, 1.807) is 33.5 Å². The molecule has 0 fully saturated rings. The third kappa shape index (κ3) is 4.51. The first-order chi connectivity index (χ1) is 19.0. The monoisotopic (exact) mass is 544 g/mol. The van der Waals surface area contributed by atoms with Crippen LogP contribution >= 0.6 is 11.3 Å². The number of aromatic nitrogens is 1. The van der Waals surface area contributed by atoms with E-state index >= 15 is 0 Å². The molecule has 39 heavy (non-hydrogen) atoms. The standard InChI is InChI=1S/C30H32N4O4S/c1-32-15-13-22-23-17-34(30(35)31-24-16-21(37-3)11-12-26(24)38-4)28(19-7-9-20(36-2)10-8-19)25-6-5-14-33(25)29(23)39-27(22)18-32/h5-12,14,16,28H,13,15,17-18H2,1-4H3,(H,31,35)/t28-/m1/s1. The van der Waals surface area contributed by atoms with Gasteiger partial charge in [-0.2, -0.15) is 0 Å². The predicted molar refractivity (Wildman–Crippen MR) is 153 cm³/mol. The molecule has 9 heteroatoms. The van der Waals surface area contributed by atoms with Crippen LogP contribution < -0.4 is 19.5 Å². The molecule has 0 bridgehead atoms. The summed E-state index contributed by atoms with van der Waals surface area (Å²) in [6.45, 7) is 2.42. The summed E-state index contributed by atoms with van der Waals surface area (Å²) < 4.78 is 18.7. The van der Waals surface area contributed by atoms with Crippen LogP contribution in [0.1, 0.15) is 33.3 Å². The topological polar surface area (TPSA) is 68.2 Å². The van der Waals surface area contributed by atoms with Gasteiger partial charge in [-0.3, -0.25) is 0 Å². The van der Waals surface area contributed by atoms with Gasteiger partial charge in [0, 0.05) is 35.8 Å². The van der Waals surface area contributed by atoms with Crippen molar-refractivity contribution in [3.05, 3.63) is 88.1 Å². The van der Waals surface area contributed by atoms with E-state index < -0.39 is 0 Å². The molecule has 2 aliphatic rings. The number of nitrogens with zero attached hydrogens (tertiary/aromatic N) is 3. The van der Waals surface area contributed by atoms with E-state index in [-0.39, 0.29) is 12.1 Å². The lowest BCUT2D eigenvalue weighted by Crippen LogP contribution is -2.38. The number of benzene rings is 2. The molecule has 2 aromatic carbocycles. The minimum atomic E-state index is -0.316. The Bertz CT molecular complexity index is 1510. The Kier molecular flexibility index (Phi) is 6.70. The number of nitrogens with one attached hydrogen (secondary N) is 1. The van der Waals surface area contributed by atoms with E-state index in [1.807, 2.05) is 46.6 Å². The molecular formula is C30H32N4O4S. The summed E-state index contributed by atoms with van der Waals surface area (Å²) in [6.07, 6.45) is 3.09. The number of ether oxygens (including phenoxy) is 3. The summed E-state index contributed by atoms with van der Waals surface area (Å²) in [5, 5.41) is 4.33. The van der Waals surface area contributed by atoms with Crippen molar-refractivity contribution in [1.29, 1.82) is 0 Å². The Labute approximate surface area is 232 Å². The first kappa shape index (κ1) is 25.3. The molecule has 0 saturated carbocycles. The first-order valence-electron chi connectivity index (χ1n) is 12.9. The molecule has 0 radical (unpaired) electrons. The number of amides is 2. The van der Waals surface area contributed by atoms with E-state index in [0.29, 0.717) is 23.7 Å². The van der Waals surface area contributed by atoms with E-state index in [9.17, 15) is 4.79 Å². The molecule has 0 saturated heterocycles. The Morgan fingerprint density at radius 2 is 1.72 bits per heavy atom. The summed E-state index contributed by atoms with van der Waals surface area (Å²) in [5.74, 6) is 1.98. The molecule has 4 heterocycles. The lowest BCUT2D eigenvalue weighted by Gasteiger charge is -2.32. The number of urea groups is 1. The molecule has 0 unspecified atom stereocenters. The summed E-state index contributed by atoms with van der Waals surface area (Å²) in [4.78, 5) is 19.9. The minimum Gasteiger partial charge on any atom is -0.497 e. The van der Waals surface area contributed by atoms with Crippen molar-refractivity contribution in [2.75, 3.05) is 40.2 Å². The van der Waals surface area contributed by atoms with Crippen LogP contribution in [0.2, 0.25) is 0 Å². The molecule has 1 N–H and O–H groups in total. The molecule has 4 aromatic rings. The second-order valence-electron chi connectivity index (χ2n) is 9.88. The van der Waals surface area contributed by atoms with Crippen molar-refractivity contribution >= 4 is 23.1 Å². The number of carbonyl (C=O) groups excluding carboxylic acids is 1. The van der Waals surface area contributed by atoms with Gasteiger partial charge in [0.1, 0.15) is 22.2 Å². The van der Waals surface area contributed by atoms with Crippen LogP contribution in [0.5, 0.6) is 17.2 Å². The Morgan fingerprint density at radius 1 is 0.949 bits per heavy atom. The van der Waals surface area contributed by atoms with Gasteiger partial charge >= 0.3 is 6.03 Å². The summed E-state index contributed by atoms with van der Waals surface area (Å²) in [7, 11) is 7.02. The van der Waals surface area contributed by atoms with Gasteiger partial charge in [0.05, 0.1) is 45.3 Å². The largest absolute Gasteiger partial charge is 0.497 e. The number of thiophene rings is 1. The number of likely N-dealkylation sites (N-methyl/N-ethyl adjacent to an activating group) is 1. The van der Waals surface area contributed by atoms with Crippen molar-refractivity contribution in [3.63, 3.8) is 0 Å². The van der Waals surface area contributed by atoms with Gasteiger partial charge in [0.25, 0.3) is 0 Å². The van der Waals surface area contributed by atoms with Crippen LogP contribution in [-0.2, 0) is 19.5 Å². The number of methoxy groups -OCH3 is 3. The van der Waals surface area contributed by atoms with Gasteiger partial charge in [0.2, 0.25) is 0 Å². The number of fused-ring (bicyclic) bond motifs is 5. The van der Waals surface area contributed by atoms with Crippen LogP contribution in [0.25, 0.3) is 5.00 Å². The number of anilines is 1. The fourth-order valence-corrected chi connectivity index (χ4v) is 7.03. The van der Waals surface area contributed by atoms with Crippen molar-refractivity contribution in [3.8, 4) is 22.2 Å². The normalized spacial score (nSPS) is 16.5. The molecule has 8 nitrogen and oxygen atoms in total. The molecule has 2 amide bonds. The minimum absolute atomic E-state index is 0.212. The van der Waals surface area contributed by atoms with E-state index in [2.05, 4.69) is 40.2 Å². The highest BCUT2D eigenvalue weighted by atomic mass is 32.1. The molecule has 2 aromatic heterocycles. The SMILES string of the molecule is COc1ccc([C@@H]2c3cccn3-c3sc4c(c3CN2C(=O)Nc2cc(OC)ccc2OC)CCN(C)C4)cc1. The second-order valence-corrected chi connectivity index (χ2v) is 11.0. The van der Waals surface area contributed by atoms with Gasteiger partial charge < -0.3 is 33.9 Å². The molecule has 2 aliphatic heterocycles. The average molecular weight is 545 g/mol. The van der Waals surface area contributed by atoms with Crippen LogP contribution in [0.4, 0.5) is 10.5 Å². The number of hydrogen-bond acceptors (Lipinski definition) is 6. The lowest BCUT2D eigenvalue weighted by atomic mass is 10.00. The summed E-state index contributed by atoms with van der Waals surface area (Å²) in [5.41, 5.74) is 5.21. The fourth-order valence-electron chi connectivity index (χ4n) is 5.59. The quantitative estimate of drug-likeness (QED) is 0.350. The maximum atomic E-state index is 14.3. The van der Waals surface area contributed by atoms with Gasteiger partial charge in [-0.15, -0.1) is 11.3 Å². The fraction of sp³-hybridized carbons (Fsp3) is 0.300. The molecule has 0 spiro atoms. The van der Waals surface area contributed by atoms with Crippen molar-refractivity contribution in [2.24, 2.45) is 0 Å². The van der Waals surface area contributed by atoms with Crippen molar-refractivity contribution < 1.29 is 19.0 Å². The van der Waals surface area contributed by atoms with Crippen molar-refractivity contribution in [2.45, 2.75) is 25.6 Å². The Balaban J connectivity index is 1.48. The molecule has 202 valence electrons. The number of hydrogen-bond donors (Lipinski definition) is 1. The van der Waals surface area contributed by atoms with Crippen LogP contribution in [-0.4, -0.2) is 55.3 Å². The first-order valence-corrected chi connectivity index (χ1v) is 13.8. The summed E-state index contributed by atoms with van der Waals surface area (Å²) in [6, 6.07) is 17.0. The van der Waals surface area contributed by atoms with Crippen molar-refractivity contribution in [1.82, 2.24) is 14.4 Å². The van der Waals surface area contributed by atoms with Gasteiger partial charge in [-0.1, -0.05) is 12.1 Å². The zero-order chi connectivity index (χ0) is 27.1. The molecule has 1 atom stereocenters. The molecule has 6 rings (SSSR count). The number of rotatable bonds is 5. The van der Waals surface area contributed by atoms with Crippen LogP contribution in [0.15, 0.2) is 60.8 Å². The second kappa shape index (κ2) is 10.3. The zero-order valence-corrected chi connectivity index (χ0v) is 23.4. The average Bonchev–Trinajstić information content (AvgIpc) is 3.54. The van der Waals surface area contributed by atoms with E-state index in [0.717, 1.165) is 36.5 Å². The van der Waals surface area contributed by atoms with Gasteiger partial charge in [0.15, 0.2) is 0 Å². The number of carbonyl (C=O) groups is 1. The van der Waals surface area contributed by atoms with E-state index in [1.165, 1.54) is 21.0 Å². The maximum absolute atomic E-state index is 14.3. The third-order valence-electron chi connectivity index (χ3n) is 7.60. The highest BCUT2D eigenvalue weighted by Gasteiger charge is 2.36.